The van der Waals surface area contributed by atoms with Gasteiger partial charge in [0, 0.05) is 12.6 Å². The van der Waals surface area contributed by atoms with Crippen molar-refractivity contribution in [3.63, 3.8) is 0 Å². The van der Waals surface area contributed by atoms with Crippen LogP contribution < -0.4 is 5.32 Å². The van der Waals surface area contributed by atoms with E-state index in [2.05, 4.69) is 5.32 Å². The van der Waals surface area contributed by atoms with E-state index in [9.17, 15) is 14.4 Å². The third-order valence-electron chi connectivity index (χ3n) is 6.30. The molecule has 2 atom stereocenters. The lowest BCUT2D eigenvalue weighted by Crippen LogP contribution is -2.54. The predicted octanol–water partition coefficient (Wildman–Crippen LogP) is 2.68. The Hall–Kier alpha value is -2.37. The van der Waals surface area contributed by atoms with Crippen LogP contribution in [0.5, 0.6) is 0 Å². The van der Waals surface area contributed by atoms with Crippen molar-refractivity contribution >= 4 is 17.8 Å². The first-order chi connectivity index (χ1) is 13.0. The normalized spacial score (nSPS) is 27.7. The maximum Gasteiger partial charge on any atom is 0.325 e. The fourth-order valence-electron chi connectivity index (χ4n) is 4.45. The number of carbonyl (C=O) groups excluding carboxylic acids is 3. The molecule has 2 aliphatic carbocycles. The molecule has 1 N–H and O–H groups in total. The second kappa shape index (κ2) is 6.98. The van der Waals surface area contributed by atoms with Crippen LogP contribution in [-0.4, -0.2) is 45.8 Å². The summed E-state index contributed by atoms with van der Waals surface area (Å²) in [6.45, 7) is 2.38. The molecule has 1 aromatic rings. The van der Waals surface area contributed by atoms with Gasteiger partial charge in [-0.15, -0.1) is 0 Å². The number of nitrogens with one attached hydrogen (secondary N) is 1. The second-order valence-electron chi connectivity index (χ2n) is 8.18. The third kappa shape index (κ3) is 3.33. The number of amides is 4. The van der Waals surface area contributed by atoms with Gasteiger partial charge < -0.3 is 10.2 Å². The zero-order chi connectivity index (χ0) is 19.0. The minimum Gasteiger partial charge on any atom is -0.334 e. The molecular formula is C21H27N3O3. The van der Waals surface area contributed by atoms with Crippen molar-refractivity contribution in [1.29, 1.82) is 0 Å². The Labute approximate surface area is 159 Å². The molecular weight excluding hydrogens is 342 g/mol. The molecule has 0 aromatic heterocycles. The Balaban J connectivity index is 1.48. The van der Waals surface area contributed by atoms with Gasteiger partial charge in [0.15, 0.2) is 0 Å². The van der Waals surface area contributed by atoms with E-state index in [-0.39, 0.29) is 30.3 Å². The summed E-state index contributed by atoms with van der Waals surface area (Å²) in [5.74, 6) is -0.263. The lowest BCUT2D eigenvalue weighted by atomic mass is 9.73. The van der Waals surface area contributed by atoms with Crippen molar-refractivity contribution in [3.8, 4) is 0 Å². The number of carbonyl (C=O) groups is 3. The van der Waals surface area contributed by atoms with Crippen LogP contribution in [0.15, 0.2) is 30.3 Å². The summed E-state index contributed by atoms with van der Waals surface area (Å²) in [5, 5.41) is 2.92. The Morgan fingerprint density at radius 1 is 1.19 bits per heavy atom. The highest BCUT2D eigenvalue weighted by Crippen LogP contribution is 2.38. The molecule has 6 heteroatoms. The number of hydrogen-bond acceptors (Lipinski definition) is 3. The monoisotopic (exact) mass is 369 g/mol. The van der Waals surface area contributed by atoms with Crippen LogP contribution >= 0.6 is 0 Å². The van der Waals surface area contributed by atoms with Crippen LogP contribution in [0.1, 0.15) is 51.0 Å². The van der Waals surface area contributed by atoms with Gasteiger partial charge in [-0.05, 0) is 37.2 Å². The summed E-state index contributed by atoms with van der Waals surface area (Å²) in [6, 6.07) is 9.65. The molecule has 6 nitrogen and oxygen atoms in total. The van der Waals surface area contributed by atoms with Crippen molar-refractivity contribution in [2.24, 2.45) is 5.92 Å². The van der Waals surface area contributed by atoms with Gasteiger partial charge in [-0.1, -0.05) is 50.1 Å². The molecule has 3 fully saturated rings. The lowest BCUT2D eigenvalue weighted by Gasteiger charge is -2.36. The van der Waals surface area contributed by atoms with Crippen LogP contribution in [0.2, 0.25) is 0 Å². The summed E-state index contributed by atoms with van der Waals surface area (Å²) >= 11 is 0. The zero-order valence-corrected chi connectivity index (χ0v) is 15.8. The first kappa shape index (κ1) is 18.0. The van der Waals surface area contributed by atoms with E-state index in [1.807, 2.05) is 42.2 Å². The minimum absolute atomic E-state index is 0.103. The average molecular weight is 369 g/mol. The third-order valence-corrected chi connectivity index (χ3v) is 6.30. The Bertz CT molecular complexity index is 746. The van der Waals surface area contributed by atoms with E-state index in [1.165, 1.54) is 0 Å². The van der Waals surface area contributed by atoms with Crippen LogP contribution in [0.25, 0.3) is 0 Å². The molecule has 4 rings (SSSR count). The number of nitrogens with zero attached hydrogens (tertiary/aromatic N) is 2. The predicted molar refractivity (Wildman–Crippen MR) is 101 cm³/mol. The highest BCUT2D eigenvalue weighted by molar-refractivity contribution is 6.09. The molecule has 3 aliphatic rings. The summed E-state index contributed by atoms with van der Waals surface area (Å²) in [5.41, 5.74) is 0.256. The number of hydrogen-bond donors (Lipinski definition) is 1. The first-order valence-electron chi connectivity index (χ1n) is 9.99. The number of imide groups is 1. The summed E-state index contributed by atoms with van der Waals surface area (Å²) in [7, 11) is 0. The average Bonchev–Trinajstić information content (AvgIpc) is 3.47. The number of urea groups is 1. The Morgan fingerprint density at radius 2 is 1.93 bits per heavy atom. The molecule has 1 spiro atoms. The molecule has 144 valence electrons. The van der Waals surface area contributed by atoms with Gasteiger partial charge in [-0.25, -0.2) is 4.79 Å². The number of rotatable bonds is 5. The van der Waals surface area contributed by atoms with Crippen molar-refractivity contribution < 1.29 is 14.4 Å². The molecule has 0 radical (unpaired) electrons. The van der Waals surface area contributed by atoms with Gasteiger partial charge in [0.1, 0.15) is 12.1 Å². The fourth-order valence-corrected chi connectivity index (χ4v) is 4.45. The highest BCUT2D eigenvalue weighted by Gasteiger charge is 2.55. The quantitative estimate of drug-likeness (QED) is 0.812. The zero-order valence-electron chi connectivity index (χ0n) is 15.8. The first-order valence-corrected chi connectivity index (χ1v) is 9.99. The Kier molecular flexibility index (Phi) is 4.66. The molecule has 1 aromatic carbocycles. The standard InChI is InChI=1S/C21H27N3O3/c1-15-7-5-6-12-21(15)19(26)24(20(27)22-21)14-18(25)23(17-10-11-17)13-16-8-3-2-4-9-16/h2-4,8-9,15,17H,5-7,10-14H2,1H3,(H,22,27). The van der Waals surface area contributed by atoms with Crippen molar-refractivity contribution in [2.45, 2.75) is 63.6 Å². The van der Waals surface area contributed by atoms with Gasteiger partial charge in [-0.2, -0.15) is 0 Å². The van der Waals surface area contributed by atoms with Gasteiger partial charge in [-0.3, -0.25) is 14.5 Å². The van der Waals surface area contributed by atoms with E-state index >= 15 is 0 Å². The van der Waals surface area contributed by atoms with Crippen LogP contribution in [0, 0.1) is 5.92 Å². The number of benzene rings is 1. The van der Waals surface area contributed by atoms with Crippen LogP contribution in [0.4, 0.5) is 4.79 Å². The van der Waals surface area contributed by atoms with E-state index < -0.39 is 11.6 Å². The SMILES string of the molecule is CC1CCCCC12NC(=O)N(CC(=O)N(Cc1ccccc1)C1CC1)C2=O. The summed E-state index contributed by atoms with van der Waals surface area (Å²) in [6.07, 6.45) is 5.58. The van der Waals surface area contributed by atoms with Crippen LogP contribution in [0.3, 0.4) is 0 Å². The molecule has 2 unspecified atom stereocenters. The minimum atomic E-state index is -0.806. The maximum atomic E-state index is 13.1. The summed E-state index contributed by atoms with van der Waals surface area (Å²) < 4.78 is 0. The smallest absolute Gasteiger partial charge is 0.325 e. The second-order valence-corrected chi connectivity index (χ2v) is 8.18. The van der Waals surface area contributed by atoms with Gasteiger partial charge in [0.05, 0.1) is 0 Å². The van der Waals surface area contributed by atoms with Gasteiger partial charge in [0.2, 0.25) is 5.91 Å². The van der Waals surface area contributed by atoms with Gasteiger partial charge in [0.25, 0.3) is 5.91 Å². The van der Waals surface area contributed by atoms with Crippen molar-refractivity contribution in [3.05, 3.63) is 35.9 Å². The summed E-state index contributed by atoms with van der Waals surface area (Å²) in [4.78, 5) is 41.6. The van der Waals surface area contributed by atoms with E-state index in [0.717, 1.165) is 42.6 Å². The molecule has 4 amide bonds. The van der Waals surface area contributed by atoms with E-state index in [1.54, 1.807) is 0 Å². The molecule has 2 saturated carbocycles. The Morgan fingerprint density at radius 3 is 2.59 bits per heavy atom. The fraction of sp³-hybridized carbons (Fsp3) is 0.571. The van der Waals surface area contributed by atoms with Crippen LogP contribution in [-0.2, 0) is 16.1 Å². The topological polar surface area (TPSA) is 69.7 Å². The van der Waals surface area contributed by atoms with E-state index in [0.29, 0.717) is 13.0 Å². The van der Waals surface area contributed by atoms with Gasteiger partial charge >= 0.3 is 6.03 Å². The van der Waals surface area contributed by atoms with E-state index in [4.69, 9.17) is 0 Å². The molecule has 1 heterocycles. The lowest BCUT2D eigenvalue weighted by molar-refractivity contribution is -0.141. The molecule has 27 heavy (non-hydrogen) atoms. The maximum absolute atomic E-state index is 13.1. The molecule has 1 saturated heterocycles. The van der Waals surface area contributed by atoms with Crippen molar-refractivity contribution in [2.75, 3.05) is 6.54 Å². The highest BCUT2D eigenvalue weighted by atomic mass is 16.2. The van der Waals surface area contributed by atoms with Crippen molar-refractivity contribution in [1.82, 2.24) is 15.1 Å². The molecule has 0 bridgehead atoms. The molecule has 1 aliphatic heterocycles. The largest absolute Gasteiger partial charge is 0.334 e.